The number of ether oxygens (including phenoxy) is 2. The Kier molecular flexibility index (Phi) is 8.53. The molecule has 36 heavy (non-hydrogen) atoms. The molecule has 0 saturated carbocycles. The van der Waals surface area contributed by atoms with E-state index in [0.717, 1.165) is 15.6 Å². The molecule has 1 amide bonds. The van der Waals surface area contributed by atoms with Gasteiger partial charge in [0.05, 0.1) is 6.61 Å². The molecule has 8 heteroatoms. The van der Waals surface area contributed by atoms with Gasteiger partial charge in [0.25, 0.3) is 5.91 Å². The topological polar surface area (TPSA) is 100 Å². The van der Waals surface area contributed by atoms with Crippen LogP contribution in [0.3, 0.4) is 0 Å². The largest absolute Gasteiger partial charge is 0.494 e. The normalized spacial score (nSPS) is 19.1. The van der Waals surface area contributed by atoms with Crippen LogP contribution >= 0.6 is 15.9 Å². The van der Waals surface area contributed by atoms with Crippen LogP contribution in [0.4, 0.5) is 0 Å². The molecule has 0 saturated heterocycles. The minimum absolute atomic E-state index is 0.0624. The molecule has 3 aromatic carbocycles. The lowest BCUT2D eigenvalue weighted by Gasteiger charge is -2.29. The molecule has 0 aliphatic carbocycles. The van der Waals surface area contributed by atoms with E-state index in [0.29, 0.717) is 24.3 Å². The van der Waals surface area contributed by atoms with Gasteiger partial charge in [-0.15, -0.1) is 0 Å². The van der Waals surface area contributed by atoms with Gasteiger partial charge in [0, 0.05) is 35.0 Å². The minimum Gasteiger partial charge on any atom is -0.494 e. The summed E-state index contributed by atoms with van der Waals surface area (Å²) >= 11 is 3.57. The number of aliphatic hydroxyl groups is 1. The van der Waals surface area contributed by atoms with E-state index in [-0.39, 0.29) is 18.9 Å². The first-order valence-corrected chi connectivity index (χ1v) is 12.4. The molecule has 0 radical (unpaired) electrons. The highest BCUT2D eigenvalue weighted by Gasteiger charge is 2.53. The zero-order chi connectivity index (χ0) is 25.4. The highest BCUT2D eigenvalue weighted by Crippen LogP contribution is 2.44. The van der Waals surface area contributed by atoms with E-state index in [4.69, 9.17) is 19.6 Å². The van der Waals surface area contributed by atoms with E-state index in [1.807, 2.05) is 72.2 Å². The third kappa shape index (κ3) is 5.67. The van der Waals surface area contributed by atoms with Crippen LogP contribution in [0, 0.1) is 0 Å². The first-order valence-electron chi connectivity index (χ1n) is 11.6. The molecule has 3 N–H and O–H groups in total. The van der Waals surface area contributed by atoms with Crippen molar-refractivity contribution >= 4 is 33.8 Å². The maximum atomic E-state index is 13.2. The summed E-state index contributed by atoms with van der Waals surface area (Å²) in [6.45, 7) is 0.470. The van der Waals surface area contributed by atoms with Gasteiger partial charge in [-0.05, 0) is 35.9 Å². The molecule has 7 nitrogen and oxygen atoms in total. The van der Waals surface area contributed by atoms with Crippen LogP contribution in [0.5, 0.6) is 5.75 Å². The highest BCUT2D eigenvalue weighted by molar-refractivity contribution is 9.10. The average molecular weight is 551 g/mol. The van der Waals surface area contributed by atoms with Crippen LogP contribution in [0.25, 0.3) is 6.08 Å². The summed E-state index contributed by atoms with van der Waals surface area (Å²) < 4.78 is 12.7. The summed E-state index contributed by atoms with van der Waals surface area (Å²) in [5.74, 6) is 0.271. The second-order valence-electron chi connectivity index (χ2n) is 8.27. The molecule has 1 heterocycles. The van der Waals surface area contributed by atoms with Crippen molar-refractivity contribution in [2.75, 3.05) is 13.2 Å². The Bertz CT molecular complexity index is 1230. The Morgan fingerprint density at radius 2 is 1.81 bits per heavy atom. The maximum absolute atomic E-state index is 13.2. The molecule has 0 bridgehead atoms. The van der Waals surface area contributed by atoms with Crippen LogP contribution in [-0.4, -0.2) is 40.9 Å². The molecule has 1 aliphatic heterocycles. The Hall–Kier alpha value is -3.46. The predicted molar refractivity (Wildman–Crippen MR) is 141 cm³/mol. The van der Waals surface area contributed by atoms with Gasteiger partial charge in [-0.25, -0.2) is 10.5 Å². The van der Waals surface area contributed by atoms with E-state index in [2.05, 4.69) is 15.9 Å². The lowest BCUT2D eigenvalue weighted by Crippen LogP contribution is -2.47. The third-order valence-corrected chi connectivity index (χ3v) is 6.58. The second kappa shape index (κ2) is 12.0. The molecular formula is C28H27BrN2O5. The number of aliphatic imine (C=N–C) groups is 1. The molecule has 0 fully saturated rings. The lowest BCUT2D eigenvalue weighted by molar-refractivity contribution is -0.137. The predicted octanol–water partition coefficient (Wildman–Crippen LogP) is 5.08. The van der Waals surface area contributed by atoms with Gasteiger partial charge >= 0.3 is 0 Å². The monoisotopic (exact) mass is 550 g/mol. The van der Waals surface area contributed by atoms with Crippen LogP contribution in [-0.2, 0) is 9.53 Å². The first-order chi connectivity index (χ1) is 17.6. The van der Waals surface area contributed by atoms with Gasteiger partial charge in [-0.1, -0.05) is 76.6 Å². The summed E-state index contributed by atoms with van der Waals surface area (Å²) in [4.78, 5) is 18.0. The number of hydroxylamine groups is 1. The van der Waals surface area contributed by atoms with E-state index < -0.39 is 17.6 Å². The number of nitrogens with one attached hydrogen (secondary N) is 1. The van der Waals surface area contributed by atoms with Gasteiger partial charge < -0.3 is 14.6 Å². The van der Waals surface area contributed by atoms with Crippen molar-refractivity contribution in [2.45, 2.75) is 24.5 Å². The van der Waals surface area contributed by atoms with E-state index in [9.17, 15) is 10.0 Å². The molecule has 1 aliphatic rings. The number of hydrogen-bond donors (Lipinski definition) is 3. The Balaban J connectivity index is 1.71. The fraction of sp³-hybridized carbons (Fsp3) is 0.214. The van der Waals surface area contributed by atoms with Crippen molar-refractivity contribution in [2.24, 2.45) is 4.99 Å². The van der Waals surface area contributed by atoms with Crippen LogP contribution in [0.2, 0.25) is 0 Å². The van der Waals surface area contributed by atoms with E-state index in [1.165, 1.54) is 0 Å². The molecule has 0 aromatic heterocycles. The van der Waals surface area contributed by atoms with Crippen LogP contribution < -0.4 is 10.2 Å². The van der Waals surface area contributed by atoms with Crippen molar-refractivity contribution in [3.05, 3.63) is 106 Å². The third-order valence-electron chi connectivity index (χ3n) is 5.86. The lowest BCUT2D eigenvalue weighted by atomic mass is 9.84. The van der Waals surface area contributed by atoms with Crippen molar-refractivity contribution in [3.8, 4) is 5.75 Å². The number of nitrogens with zero attached hydrogens (tertiary/aromatic N) is 1. The van der Waals surface area contributed by atoms with Crippen molar-refractivity contribution in [3.63, 3.8) is 0 Å². The SMILES string of the molecule is O=C(NO)[C@@]1(C/C=C/c2ccccc2)N=C(c2ccc(OCCCO)cc2)O[C@H]1c1ccccc1Br. The van der Waals surface area contributed by atoms with Gasteiger partial charge in [0.15, 0.2) is 11.6 Å². The smallest absolute Gasteiger partial charge is 0.275 e. The number of halogens is 1. The van der Waals surface area contributed by atoms with Gasteiger partial charge in [-0.2, -0.15) is 0 Å². The number of carbonyl (C=O) groups is 1. The zero-order valence-electron chi connectivity index (χ0n) is 19.5. The quantitative estimate of drug-likeness (QED) is 0.186. The highest BCUT2D eigenvalue weighted by atomic mass is 79.9. The standard InChI is InChI=1S/C28H27BrN2O5/c29-24-12-5-4-11-23(24)25-28(27(33)31-34,17-6-10-20-8-2-1-3-9-20)30-26(36-25)21-13-15-22(16-14-21)35-19-7-18-32/h1-6,8-16,25,32,34H,7,17-19H2,(H,31,33)/b10-6+/t25-,28-/m0/s1. The Labute approximate surface area is 218 Å². The fourth-order valence-electron chi connectivity index (χ4n) is 4.02. The zero-order valence-corrected chi connectivity index (χ0v) is 21.1. The molecule has 4 rings (SSSR count). The molecule has 186 valence electrons. The van der Waals surface area contributed by atoms with Crippen LogP contribution in [0.15, 0.2) is 94.4 Å². The summed E-state index contributed by atoms with van der Waals surface area (Å²) in [5, 5.41) is 18.7. The summed E-state index contributed by atoms with van der Waals surface area (Å²) in [6.07, 6.45) is 3.71. The number of carbonyl (C=O) groups excluding carboxylic acids is 1. The number of aliphatic hydroxyl groups excluding tert-OH is 1. The van der Waals surface area contributed by atoms with Gasteiger partial charge in [0.1, 0.15) is 5.75 Å². The second-order valence-corrected chi connectivity index (χ2v) is 9.12. The summed E-state index contributed by atoms with van der Waals surface area (Å²) in [7, 11) is 0. The van der Waals surface area contributed by atoms with E-state index >= 15 is 0 Å². The summed E-state index contributed by atoms with van der Waals surface area (Å²) in [6, 6.07) is 24.4. The van der Waals surface area contributed by atoms with Crippen molar-refractivity contribution in [1.29, 1.82) is 0 Å². The fourth-order valence-corrected chi connectivity index (χ4v) is 4.51. The molecule has 3 aromatic rings. The molecule has 2 atom stereocenters. The Morgan fingerprint density at radius 1 is 1.08 bits per heavy atom. The van der Waals surface area contributed by atoms with Crippen LogP contribution in [0.1, 0.15) is 35.6 Å². The minimum atomic E-state index is -1.45. The van der Waals surface area contributed by atoms with Crippen molar-refractivity contribution < 1.29 is 24.6 Å². The maximum Gasteiger partial charge on any atom is 0.275 e. The van der Waals surface area contributed by atoms with Gasteiger partial charge in [0.2, 0.25) is 5.90 Å². The van der Waals surface area contributed by atoms with Crippen molar-refractivity contribution in [1.82, 2.24) is 5.48 Å². The molecule has 0 spiro atoms. The molecule has 0 unspecified atom stereocenters. The number of amides is 1. The van der Waals surface area contributed by atoms with Gasteiger partial charge in [-0.3, -0.25) is 10.0 Å². The number of hydrogen-bond acceptors (Lipinski definition) is 6. The van der Waals surface area contributed by atoms with E-state index in [1.54, 1.807) is 24.3 Å². The molecular weight excluding hydrogens is 524 g/mol. The first kappa shape index (κ1) is 25.6. The number of rotatable bonds is 10. The summed E-state index contributed by atoms with van der Waals surface area (Å²) in [5.41, 5.74) is 2.74. The average Bonchev–Trinajstić information content (AvgIpc) is 3.30. The number of benzene rings is 3. The Morgan fingerprint density at radius 3 is 2.50 bits per heavy atom.